The maximum atomic E-state index is 5.77. The number of furan rings is 1. The first-order chi connectivity index (χ1) is 8.33. The van der Waals surface area contributed by atoms with E-state index in [-0.39, 0.29) is 6.04 Å². The van der Waals surface area contributed by atoms with E-state index in [9.17, 15) is 0 Å². The van der Waals surface area contributed by atoms with Crippen LogP contribution in [0.5, 0.6) is 0 Å². The van der Waals surface area contributed by atoms with Crippen LogP contribution in [0.1, 0.15) is 18.7 Å². The van der Waals surface area contributed by atoms with Gasteiger partial charge in [0.05, 0.1) is 6.04 Å². The van der Waals surface area contributed by atoms with Crippen molar-refractivity contribution in [3.8, 4) is 0 Å². The minimum absolute atomic E-state index is 0.0790. The normalized spacial score (nSPS) is 12.8. The van der Waals surface area contributed by atoms with Crippen molar-refractivity contribution in [2.24, 2.45) is 0 Å². The van der Waals surface area contributed by atoms with Crippen molar-refractivity contribution in [1.82, 2.24) is 10.2 Å². The van der Waals surface area contributed by atoms with Gasteiger partial charge in [-0.3, -0.25) is 0 Å². The molecule has 4 nitrogen and oxygen atoms in total. The minimum Gasteiger partial charge on any atom is -0.459 e. The van der Waals surface area contributed by atoms with Crippen molar-refractivity contribution in [1.29, 1.82) is 0 Å². The standard InChI is InChI=1S/C12H11N3OS/c1-8(14-12-15-13-7-17-12)11-6-9-4-2-3-5-10(9)16-11/h2-8H,1H3,(H,14,15). The van der Waals surface area contributed by atoms with Crippen LogP contribution >= 0.6 is 11.3 Å². The summed E-state index contributed by atoms with van der Waals surface area (Å²) in [4.78, 5) is 0. The third-order valence-corrected chi connectivity index (χ3v) is 3.19. The SMILES string of the molecule is CC(Nc1nncs1)c1cc2ccccc2o1. The summed E-state index contributed by atoms with van der Waals surface area (Å²) in [6.45, 7) is 2.04. The molecule has 2 aromatic heterocycles. The van der Waals surface area contributed by atoms with E-state index in [2.05, 4.69) is 15.5 Å². The Labute approximate surface area is 102 Å². The average Bonchev–Trinajstić information content (AvgIpc) is 2.96. The molecular weight excluding hydrogens is 234 g/mol. The van der Waals surface area contributed by atoms with Crippen molar-refractivity contribution in [2.75, 3.05) is 5.32 Å². The second kappa shape index (κ2) is 4.18. The Morgan fingerprint density at radius 1 is 1.35 bits per heavy atom. The first-order valence-electron chi connectivity index (χ1n) is 5.34. The first-order valence-corrected chi connectivity index (χ1v) is 6.22. The van der Waals surface area contributed by atoms with E-state index >= 15 is 0 Å². The zero-order valence-corrected chi connectivity index (χ0v) is 10.1. The number of nitrogens with one attached hydrogen (secondary N) is 1. The van der Waals surface area contributed by atoms with Crippen LogP contribution in [0.3, 0.4) is 0 Å². The van der Waals surface area contributed by atoms with Gasteiger partial charge in [0.1, 0.15) is 16.9 Å². The summed E-state index contributed by atoms with van der Waals surface area (Å²) in [5.74, 6) is 0.904. The van der Waals surface area contributed by atoms with Crippen LogP contribution in [0.15, 0.2) is 40.3 Å². The minimum atomic E-state index is 0.0790. The molecular formula is C12H11N3OS. The van der Waals surface area contributed by atoms with E-state index in [1.807, 2.05) is 37.3 Å². The van der Waals surface area contributed by atoms with Crippen LogP contribution in [0.4, 0.5) is 5.13 Å². The number of hydrogen-bond acceptors (Lipinski definition) is 5. The van der Waals surface area contributed by atoms with Crippen LogP contribution in [0.25, 0.3) is 11.0 Å². The monoisotopic (exact) mass is 245 g/mol. The molecule has 1 atom stereocenters. The van der Waals surface area contributed by atoms with E-state index in [1.54, 1.807) is 5.51 Å². The molecule has 17 heavy (non-hydrogen) atoms. The number of aromatic nitrogens is 2. The highest BCUT2D eigenvalue weighted by atomic mass is 32.1. The molecule has 0 radical (unpaired) electrons. The number of fused-ring (bicyclic) bond motifs is 1. The third kappa shape index (κ3) is 2.01. The Bertz CT molecular complexity index is 585. The van der Waals surface area contributed by atoms with Crippen molar-refractivity contribution < 1.29 is 4.42 Å². The van der Waals surface area contributed by atoms with E-state index in [1.165, 1.54) is 11.3 Å². The molecule has 1 N–H and O–H groups in total. The summed E-state index contributed by atoms with van der Waals surface area (Å²) >= 11 is 1.48. The zero-order valence-electron chi connectivity index (χ0n) is 9.25. The molecule has 0 aliphatic rings. The Balaban J connectivity index is 1.88. The van der Waals surface area contributed by atoms with Gasteiger partial charge in [0.2, 0.25) is 5.13 Å². The number of hydrogen-bond donors (Lipinski definition) is 1. The van der Waals surface area contributed by atoms with Crippen LogP contribution in [-0.2, 0) is 0 Å². The second-order valence-electron chi connectivity index (χ2n) is 3.80. The lowest BCUT2D eigenvalue weighted by Gasteiger charge is -2.08. The van der Waals surface area contributed by atoms with Gasteiger partial charge in [-0.15, -0.1) is 10.2 Å². The number of para-hydroxylation sites is 1. The largest absolute Gasteiger partial charge is 0.459 e. The summed E-state index contributed by atoms with van der Waals surface area (Å²) in [7, 11) is 0. The quantitative estimate of drug-likeness (QED) is 0.767. The number of nitrogens with zero attached hydrogens (tertiary/aromatic N) is 2. The van der Waals surface area contributed by atoms with E-state index in [0.29, 0.717) is 0 Å². The average molecular weight is 245 g/mol. The Kier molecular flexibility index (Phi) is 2.53. The zero-order chi connectivity index (χ0) is 11.7. The molecule has 0 aliphatic carbocycles. The lowest BCUT2D eigenvalue weighted by molar-refractivity contribution is 0.526. The molecule has 0 bridgehead atoms. The summed E-state index contributed by atoms with van der Waals surface area (Å²) in [5, 5.41) is 12.9. The van der Waals surface area contributed by atoms with Crippen LogP contribution in [-0.4, -0.2) is 10.2 Å². The fraction of sp³-hybridized carbons (Fsp3) is 0.167. The lowest BCUT2D eigenvalue weighted by Crippen LogP contribution is -2.04. The van der Waals surface area contributed by atoms with Gasteiger partial charge in [-0.25, -0.2) is 0 Å². The molecule has 0 fully saturated rings. The Hall–Kier alpha value is -1.88. The highest BCUT2D eigenvalue weighted by Gasteiger charge is 2.12. The van der Waals surface area contributed by atoms with E-state index in [4.69, 9.17) is 4.42 Å². The summed E-state index contributed by atoms with van der Waals surface area (Å²) in [6.07, 6.45) is 0. The fourth-order valence-electron chi connectivity index (χ4n) is 1.71. The van der Waals surface area contributed by atoms with Crippen molar-refractivity contribution >= 4 is 27.4 Å². The summed E-state index contributed by atoms with van der Waals surface area (Å²) in [5.41, 5.74) is 2.61. The fourth-order valence-corrected chi connectivity index (χ4v) is 2.24. The number of rotatable bonds is 3. The Morgan fingerprint density at radius 3 is 3.00 bits per heavy atom. The third-order valence-electron chi connectivity index (χ3n) is 2.57. The smallest absolute Gasteiger partial charge is 0.205 e. The molecule has 1 aromatic carbocycles. The molecule has 3 aromatic rings. The van der Waals surface area contributed by atoms with Gasteiger partial charge in [0.15, 0.2) is 0 Å². The molecule has 0 saturated carbocycles. The molecule has 0 aliphatic heterocycles. The van der Waals surface area contributed by atoms with Gasteiger partial charge >= 0.3 is 0 Å². The summed E-state index contributed by atoms with van der Waals surface area (Å²) in [6, 6.07) is 10.1. The van der Waals surface area contributed by atoms with Crippen molar-refractivity contribution in [2.45, 2.75) is 13.0 Å². The molecule has 0 spiro atoms. The van der Waals surface area contributed by atoms with Crippen LogP contribution in [0, 0.1) is 0 Å². The van der Waals surface area contributed by atoms with E-state index < -0.39 is 0 Å². The molecule has 0 saturated heterocycles. The van der Waals surface area contributed by atoms with Gasteiger partial charge in [-0.1, -0.05) is 29.5 Å². The van der Waals surface area contributed by atoms with Gasteiger partial charge in [-0.05, 0) is 19.1 Å². The molecule has 2 heterocycles. The predicted molar refractivity (Wildman–Crippen MR) is 68.2 cm³/mol. The highest BCUT2D eigenvalue weighted by Crippen LogP contribution is 2.26. The van der Waals surface area contributed by atoms with Gasteiger partial charge in [-0.2, -0.15) is 0 Å². The van der Waals surface area contributed by atoms with Crippen molar-refractivity contribution in [3.63, 3.8) is 0 Å². The topological polar surface area (TPSA) is 51.0 Å². The van der Waals surface area contributed by atoms with Crippen molar-refractivity contribution in [3.05, 3.63) is 41.6 Å². The highest BCUT2D eigenvalue weighted by molar-refractivity contribution is 7.13. The molecule has 5 heteroatoms. The molecule has 0 amide bonds. The maximum absolute atomic E-state index is 5.77. The number of benzene rings is 1. The first kappa shape index (κ1) is 10.3. The van der Waals surface area contributed by atoms with Gasteiger partial charge in [0.25, 0.3) is 0 Å². The molecule has 86 valence electrons. The molecule has 3 rings (SSSR count). The lowest BCUT2D eigenvalue weighted by atomic mass is 10.2. The second-order valence-corrected chi connectivity index (χ2v) is 4.63. The van der Waals surface area contributed by atoms with Crippen LogP contribution in [0.2, 0.25) is 0 Å². The van der Waals surface area contributed by atoms with Gasteiger partial charge < -0.3 is 9.73 Å². The van der Waals surface area contributed by atoms with Crippen LogP contribution < -0.4 is 5.32 Å². The number of anilines is 1. The maximum Gasteiger partial charge on any atom is 0.205 e. The van der Waals surface area contributed by atoms with Gasteiger partial charge in [0, 0.05) is 5.39 Å². The summed E-state index contributed by atoms with van der Waals surface area (Å²) < 4.78 is 5.77. The predicted octanol–water partition coefficient (Wildman–Crippen LogP) is 3.46. The molecule has 1 unspecified atom stereocenters. The Morgan fingerprint density at radius 2 is 2.24 bits per heavy atom. The van der Waals surface area contributed by atoms with E-state index in [0.717, 1.165) is 21.9 Å².